The van der Waals surface area contributed by atoms with Crippen LogP contribution in [0.1, 0.15) is 60.3 Å². The first-order valence-electron chi connectivity index (χ1n) is 9.65. The van der Waals surface area contributed by atoms with Gasteiger partial charge in [0.05, 0.1) is 12.3 Å². The van der Waals surface area contributed by atoms with E-state index in [0.29, 0.717) is 6.61 Å². The van der Waals surface area contributed by atoms with E-state index in [2.05, 4.69) is 38.2 Å². The van der Waals surface area contributed by atoms with E-state index in [4.69, 9.17) is 4.74 Å². The van der Waals surface area contributed by atoms with Crippen LogP contribution in [0.2, 0.25) is 0 Å². The van der Waals surface area contributed by atoms with E-state index in [0.717, 1.165) is 43.4 Å². The number of ketones is 2. The molecule has 1 rings (SSSR count). The molecule has 0 spiro atoms. The molecule has 0 aromatic heterocycles. The minimum absolute atomic E-state index is 0.00367. The Morgan fingerprint density at radius 3 is 2.25 bits per heavy atom. The summed E-state index contributed by atoms with van der Waals surface area (Å²) >= 11 is 0. The molecule has 0 unspecified atom stereocenters. The second-order valence-corrected chi connectivity index (χ2v) is 7.12. The molecular formula is C23H31NO4. The van der Waals surface area contributed by atoms with Crippen LogP contribution < -0.4 is 5.32 Å². The van der Waals surface area contributed by atoms with Crippen LogP contribution in [0.15, 0.2) is 58.6 Å². The molecule has 0 bridgehead atoms. The van der Waals surface area contributed by atoms with E-state index >= 15 is 0 Å². The fourth-order valence-electron chi connectivity index (χ4n) is 2.61. The zero-order valence-corrected chi connectivity index (χ0v) is 17.6. The predicted octanol–water partition coefficient (Wildman–Crippen LogP) is 4.48. The summed E-state index contributed by atoms with van der Waals surface area (Å²) in [5, 5.41) is 2.48. The van der Waals surface area contributed by atoms with Crippen LogP contribution in [0, 0.1) is 0 Å². The fraction of sp³-hybridized carbons (Fsp3) is 0.435. The quantitative estimate of drug-likeness (QED) is 0.342. The van der Waals surface area contributed by atoms with Crippen molar-refractivity contribution in [1.82, 2.24) is 5.32 Å². The molecule has 0 aromatic rings. The standard InChI is InChI=1S/C23H31NO4/c1-6-28-22-15-20(25)19(14-21(22)26)24-23(27)13-18(5)12-8-11-17(4)10-7-9-16(2)3/h9,11,13-15H,6-8,10,12H2,1-5H3,(H,24,27). The van der Waals surface area contributed by atoms with Crippen LogP contribution in [-0.4, -0.2) is 24.1 Å². The first-order valence-corrected chi connectivity index (χ1v) is 9.65. The van der Waals surface area contributed by atoms with Gasteiger partial charge in [0.2, 0.25) is 17.5 Å². The average molecular weight is 386 g/mol. The Labute approximate surface area is 167 Å². The summed E-state index contributed by atoms with van der Waals surface area (Å²) in [6.45, 7) is 10.2. The summed E-state index contributed by atoms with van der Waals surface area (Å²) in [5.74, 6) is -1.28. The van der Waals surface area contributed by atoms with Gasteiger partial charge in [0.25, 0.3) is 0 Å². The number of hydrogen-bond acceptors (Lipinski definition) is 4. The van der Waals surface area contributed by atoms with Gasteiger partial charge in [0.15, 0.2) is 5.76 Å². The van der Waals surface area contributed by atoms with Gasteiger partial charge in [-0.3, -0.25) is 14.4 Å². The third-order valence-electron chi connectivity index (χ3n) is 4.10. The van der Waals surface area contributed by atoms with Gasteiger partial charge in [-0.05, 0) is 60.3 Å². The molecule has 0 saturated heterocycles. The van der Waals surface area contributed by atoms with Crippen molar-refractivity contribution in [2.75, 3.05) is 6.61 Å². The molecule has 0 saturated carbocycles. The van der Waals surface area contributed by atoms with E-state index in [1.54, 1.807) is 6.92 Å². The Morgan fingerprint density at radius 2 is 1.61 bits per heavy atom. The number of ether oxygens (including phenoxy) is 1. The SMILES string of the molecule is CCOC1=CC(=O)C(NC(=O)C=C(C)CCC=C(C)CCC=C(C)C)=CC1=O. The Balaban J connectivity index is 2.52. The van der Waals surface area contributed by atoms with Crippen molar-refractivity contribution < 1.29 is 19.1 Å². The van der Waals surface area contributed by atoms with Gasteiger partial charge in [0.1, 0.15) is 0 Å². The summed E-state index contributed by atoms with van der Waals surface area (Å²) in [6, 6.07) is 0. The largest absolute Gasteiger partial charge is 0.490 e. The molecule has 0 heterocycles. The molecule has 5 nitrogen and oxygen atoms in total. The molecule has 0 radical (unpaired) electrons. The number of amides is 1. The second-order valence-electron chi connectivity index (χ2n) is 7.12. The molecule has 1 aliphatic rings. The lowest BCUT2D eigenvalue weighted by molar-refractivity contribution is -0.119. The lowest BCUT2D eigenvalue weighted by Crippen LogP contribution is -2.29. The summed E-state index contributed by atoms with van der Waals surface area (Å²) < 4.78 is 5.10. The molecule has 0 atom stereocenters. The number of nitrogens with one attached hydrogen (secondary N) is 1. The average Bonchev–Trinajstić information content (AvgIpc) is 2.59. The zero-order chi connectivity index (χ0) is 21.1. The molecule has 0 aliphatic heterocycles. The summed E-state index contributed by atoms with van der Waals surface area (Å²) in [5.41, 5.74) is 3.54. The maximum Gasteiger partial charge on any atom is 0.248 e. The Morgan fingerprint density at radius 1 is 0.964 bits per heavy atom. The van der Waals surface area contributed by atoms with Crippen LogP contribution >= 0.6 is 0 Å². The highest BCUT2D eigenvalue weighted by molar-refractivity contribution is 6.20. The molecule has 0 aromatic carbocycles. The maximum atomic E-state index is 12.1. The van der Waals surface area contributed by atoms with E-state index in [9.17, 15) is 14.4 Å². The van der Waals surface area contributed by atoms with Crippen LogP contribution in [-0.2, 0) is 19.1 Å². The van der Waals surface area contributed by atoms with Gasteiger partial charge < -0.3 is 10.1 Å². The lowest BCUT2D eigenvalue weighted by atomic mass is 10.1. The van der Waals surface area contributed by atoms with Gasteiger partial charge in [-0.15, -0.1) is 0 Å². The van der Waals surface area contributed by atoms with Crippen molar-refractivity contribution >= 4 is 17.5 Å². The Hall–Kier alpha value is -2.69. The molecule has 152 valence electrons. The molecule has 0 fully saturated rings. The van der Waals surface area contributed by atoms with Crippen molar-refractivity contribution in [2.24, 2.45) is 0 Å². The first kappa shape index (κ1) is 23.3. The topological polar surface area (TPSA) is 72.5 Å². The van der Waals surface area contributed by atoms with Crippen LogP contribution in [0.4, 0.5) is 0 Å². The molecule has 28 heavy (non-hydrogen) atoms. The molecule has 5 heteroatoms. The van der Waals surface area contributed by atoms with Crippen LogP contribution in [0.3, 0.4) is 0 Å². The highest BCUT2D eigenvalue weighted by atomic mass is 16.5. The minimum Gasteiger partial charge on any atom is -0.490 e. The van der Waals surface area contributed by atoms with E-state index < -0.39 is 17.5 Å². The van der Waals surface area contributed by atoms with Crippen molar-refractivity contribution in [3.63, 3.8) is 0 Å². The highest BCUT2D eigenvalue weighted by Crippen LogP contribution is 2.13. The summed E-state index contributed by atoms with van der Waals surface area (Å²) in [7, 11) is 0. The Bertz CT molecular complexity index is 759. The van der Waals surface area contributed by atoms with Crippen molar-refractivity contribution in [3.8, 4) is 0 Å². The van der Waals surface area contributed by atoms with Crippen LogP contribution in [0.5, 0.6) is 0 Å². The number of carbonyl (C=O) groups excluding carboxylic acids is 3. The van der Waals surface area contributed by atoms with Crippen LogP contribution in [0.25, 0.3) is 0 Å². The normalized spacial score (nSPS) is 15.0. The monoisotopic (exact) mass is 385 g/mol. The third-order valence-corrected chi connectivity index (χ3v) is 4.10. The maximum absolute atomic E-state index is 12.1. The smallest absolute Gasteiger partial charge is 0.248 e. The van der Waals surface area contributed by atoms with Crippen molar-refractivity contribution in [1.29, 1.82) is 0 Å². The van der Waals surface area contributed by atoms with Crippen molar-refractivity contribution in [3.05, 3.63) is 58.6 Å². The first-order chi connectivity index (χ1) is 13.2. The van der Waals surface area contributed by atoms with Gasteiger partial charge in [-0.1, -0.05) is 28.9 Å². The molecular weight excluding hydrogens is 354 g/mol. The highest BCUT2D eigenvalue weighted by Gasteiger charge is 2.22. The van der Waals surface area contributed by atoms with Gasteiger partial charge >= 0.3 is 0 Å². The fourth-order valence-corrected chi connectivity index (χ4v) is 2.61. The zero-order valence-electron chi connectivity index (χ0n) is 17.6. The minimum atomic E-state index is -0.447. The number of allylic oxidation sites excluding steroid dienone is 7. The lowest BCUT2D eigenvalue weighted by Gasteiger charge is -2.12. The van der Waals surface area contributed by atoms with E-state index in [-0.39, 0.29) is 11.5 Å². The predicted molar refractivity (Wildman–Crippen MR) is 111 cm³/mol. The van der Waals surface area contributed by atoms with Gasteiger partial charge in [0, 0.05) is 18.2 Å². The number of rotatable bonds is 10. The number of hydrogen-bond donors (Lipinski definition) is 1. The van der Waals surface area contributed by atoms with E-state index in [1.807, 2.05) is 6.92 Å². The molecule has 1 amide bonds. The van der Waals surface area contributed by atoms with Gasteiger partial charge in [-0.2, -0.15) is 0 Å². The summed E-state index contributed by atoms with van der Waals surface area (Å²) in [6.07, 6.45) is 11.8. The second kappa shape index (κ2) is 11.9. The molecule has 1 N–H and O–H groups in total. The Kier molecular flexibility index (Phi) is 9.93. The summed E-state index contributed by atoms with van der Waals surface area (Å²) in [4.78, 5) is 36.0. The van der Waals surface area contributed by atoms with E-state index in [1.165, 1.54) is 17.2 Å². The number of carbonyl (C=O) groups is 3. The molecule has 1 aliphatic carbocycles. The third kappa shape index (κ3) is 8.80. The van der Waals surface area contributed by atoms with Crippen molar-refractivity contribution in [2.45, 2.75) is 60.3 Å². The van der Waals surface area contributed by atoms with Gasteiger partial charge in [-0.25, -0.2) is 0 Å².